The molecule has 1 aliphatic carbocycles. The summed E-state index contributed by atoms with van der Waals surface area (Å²) in [7, 11) is -3.54. The van der Waals surface area contributed by atoms with Gasteiger partial charge in [-0.25, -0.2) is 8.42 Å². The van der Waals surface area contributed by atoms with Crippen LogP contribution < -0.4 is 10.0 Å². The SMILES string of the molecule is O=S(=O)(Nc1ccc2c(c1)CCNC2)c1csc2c1C=CCC2. The second-order valence-corrected chi connectivity index (χ2v) is 8.51. The van der Waals surface area contributed by atoms with Gasteiger partial charge in [0.2, 0.25) is 0 Å². The average Bonchev–Trinajstić information content (AvgIpc) is 2.99. The number of nitrogens with one attached hydrogen (secondary N) is 2. The zero-order chi connectivity index (χ0) is 15.9. The summed E-state index contributed by atoms with van der Waals surface area (Å²) in [4.78, 5) is 1.55. The number of anilines is 1. The van der Waals surface area contributed by atoms with E-state index in [4.69, 9.17) is 0 Å². The minimum atomic E-state index is -3.54. The highest BCUT2D eigenvalue weighted by molar-refractivity contribution is 7.93. The standard InChI is InChI=1S/C17H18N2O2S2/c20-23(21,17-11-22-16-4-2-1-3-15(16)17)19-14-6-5-13-10-18-8-7-12(13)9-14/h1,3,5-6,9,11,18-19H,2,4,7-8,10H2. The van der Waals surface area contributed by atoms with Crippen molar-refractivity contribution < 1.29 is 8.42 Å². The number of rotatable bonds is 3. The van der Waals surface area contributed by atoms with E-state index in [1.807, 2.05) is 30.4 Å². The van der Waals surface area contributed by atoms with Gasteiger partial charge in [0.05, 0.1) is 0 Å². The van der Waals surface area contributed by atoms with Crippen molar-refractivity contribution in [2.45, 2.75) is 30.7 Å². The highest BCUT2D eigenvalue weighted by Gasteiger charge is 2.23. The van der Waals surface area contributed by atoms with Gasteiger partial charge in [0, 0.05) is 28.1 Å². The molecular weight excluding hydrogens is 328 g/mol. The number of hydrogen-bond donors (Lipinski definition) is 2. The first-order valence-electron chi connectivity index (χ1n) is 7.76. The summed E-state index contributed by atoms with van der Waals surface area (Å²) in [6.45, 7) is 1.79. The van der Waals surface area contributed by atoms with E-state index in [0.29, 0.717) is 10.6 Å². The fraction of sp³-hybridized carbons (Fsp3) is 0.294. The second kappa shape index (κ2) is 5.78. The third-order valence-electron chi connectivity index (χ3n) is 4.33. The normalized spacial score (nSPS) is 16.7. The van der Waals surface area contributed by atoms with Crippen LogP contribution in [0.1, 0.15) is 28.0 Å². The first kappa shape index (κ1) is 14.9. The Morgan fingerprint density at radius 3 is 3.00 bits per heavy atom. The Morgan fingerprint density at radius 1 is 1.17 bits per heavy atom. The molecule has 2 N–H and O–H groups in total. The summed E-state index contributed by atoms with van der Waals surface area (Å²) in [6.07, 6.45) is 6.82. The largest absolute Gasteiger partial charge is 0.312 e. The highest BCUT2D eigenvalue weighted by atomic mass is 32.2. The molecule has 0 unspecified atom stereocenters. The summed E-state index contributed by atoms with van der Waals surface area (Å²) in [6, 6.07) is 5.81. The molecule has 0 saturated heterocycles. The molecular formula is C17H18N2O2S2. The van der Waals surface area contributed by atoms with Crippen molar-refractivity contribution in [1.82, 2.24) is 5.32 Å². The third kappa shape index (κ3) is 2.82. The van der Waals surface area contributed by atoms with Crippen molar-refractivity contribution in [2.75, 3.05) is 11.3 Å². The second-order valence-electron chi connectivity index (χ2n) is 5.89. The lowest BCUT2D eigenvalue weighted by Gasteiger charge is -2.18. The van der Waals surface area contributed by atoms with Crippen molar-refractivity contribution in [3.63, 3.8) is 0 Å². The van der Waals surface area contributed by atoms with Crippen LogP contribution >= 0.6 is 11.3 Å². The number of sulfonamides is 1. The Balaban J connectivity index is 1.66. The molecule has 2 aromatic rings. The zero-order valence-corrected chi connectivity index (χ0v) is 14.3. The number of fused-ring (bicyclic) bond motifs is 2. The average molecular weight is 346 g/mol. The third-order valence-corrected chi connectivity index (χ3v) is 6.96. The van der Waals surface area contributed by atoms with Crippen LogP contribution in [0.2, 0.25) is 0 Å². The first-order valence-corrected chi connectivity index (χ1v) is 10.1. The Hall–Kier alpha value is -1.63. The summed E-state index contributed by atoms with van der Waals surface area (Å²) < 4.78 is 28.2. The van der Waals surface area contributed by atoms with Gasteiger partial charge in [-0.15, -0.1) is 11.3 Å². The molecule has 4 nitrogen and oxygen atoms in total. The molecule has 0 bridgehead atoms. The van der Waals surface area contributed by atoms with Gasteiger partial charge in [-0.1, -0.05) is 18.2 Å². The highest BCUT2D eigenvalue weighted by Crippen LogP contribution is 2.33. The van der Waals surface area contributed by atoms with Crippen molar-refractivity contribution in [1.29, 1.82) is 0 Å². The summed E-state index contributed by atoms with van der Waals surface area (Å²) in [5, 5.41) is 5.08. The van der Waals surface area contributed by atoms with Crippen LogP contribution in [-0.4, -0.2) is 15.0 Å². The van der Waals surface area contributed by atoms with Crippen molar-refractivity contribution in [2.24, 2.45) is 0 Å². The maximum Gasteiger partial charge on any atom is 0.263 e. The van der Waals surface area contributed by atoms with Gasteiger partial charge in [0.15, 0.2) is 0 Å². The van der Waals surface area contributed by atoms with Crippen LogP contribution in [0.3, 0.4) is 0 Å². The fourth-order valence-corrected chi connectivity index (χ4v) is 5.79. The van der Waals surface area contributed by atoms with Gasteiger partial charge in [-0.3, -0.25) is 4.72 Å². The van der Waals surface area contributed by atoms with Crippen LogP contribution in [0.25, 0.3) is 6.08 Å². The quantitative estimate of drug-likeness (QED) is 0.897. The van der Waals surface area contributed by atoms with E-state index in [1.54, 1.807) is 5.38 Å². The molecule has 4 rings (SSSR count). The number of benzene rings is 1. The Labute approximate surface area is 140 Å². The van der Waals surface area contributed by atoms with E-state index in [2.05, 4.69) is 10.0 Å². The minimum Gasteiger partial charge on any atom is -0.312 e. The predicted octanol–water partition coefficient (Wildman–Crippen LogP) is 3.15. The lowest BCUT2D eigenvalue weighted by molar-refractivity contribution is 0.601. The van der Waals surface area contributed by atoms with E-state index < -0.39 is 10.0 Å². The Kier molecular flexibility index (Phi) is 3.75. The lowest BCUT2D eigenvalue weighted by atomic mass is 10.0. The molecule has 0 atom stereocenters. The van der Waals surface area contributed by atoms with Crippen LogP contribution in [0.4, 0.5) is 5.69 Å². The molecule has 0 spiro atoms. The number of hydrogen-bond acceptors (Lipinski definition) is 4. The van der Waals surface area contributed by atoms with Gasteiger partial charge in [-0.05, 0) is 49.1 Å². The molecule has 1 aliphatic heterocycles. The summed E-state index contributed by atoms with van der Waals surface area (Å²) in [5.74, 6) is 0. The molecule has 120 valence electrons. The van der Waals surface area contributed by atoms with Crippen molar-refractivity contribution >= 4 is 33.1 Å². The number of thiophene rings is 1. The van der Waals surface area contributed by atoms with Crippen molar-refractivity contribution in [3.05, 3.63) is 51.2 Å². The van der Waals surface area contributed by atoms with Crippen molar-refractivity contribution in [3.8, 4) is 0 Å². The van der Waals surface area contributed by atoms with E-state index in [-0.39, 0.29) is 0 Å². The smallest absolute Gasteiger partial charge is 0.263 e. The van der Waals surface area contributed by atoms with Gasteiger partial charge in [0.25, 0.3) is 10.0 Å². The maximum atomic E-state index is 12.8. The van der Waals surface area contributed by atoms with E-state index in [0.717, 1.165) is 42.8 Å². The minimum absolute atomic E-state index is 0.396. The van der Waals surface area contributed by atoms with Gasteiger partial charge in [-0.2, -0.15) is 0 Å². The van der Waals surface area contributed by atoms with E-state index >= 15 is 0 Å². The molecule has 23 heavy (non-hydrogen) atoms. The molecule has 1 aromatic heterocycles. The molecule has 1 aromatic carbocycles. The van der Waals surface area contributed by atoms with Gasteiger partial charge < -0.3 is 5.32 Å². The van der Waals surface area contributed by atoms with Crippen LogP contribution in [-0.2, 0) is 29.4 Å². The molecule has 2 aliphatic rings. The predicted molar refractivity (Wildman–Crippen MR) is 94.3 cm³/mol. The molecule has 0 saturated carbocycles. The summed E-state index contributed by atoms with van der Waals surface area (Å²) in [5.41, 5.74) is 3.97. The topological polar surface area (TPSA) is 58.2 Å². The molecule has 0 fully saturated rings. The Bertz CT molecular complexity index is 882. The monoisotopic (exact) mass is 346 g/mol. The molecule has 0 radical (unpaired) electrons. The first-order chi connectivity index (χ1) is 11.1. The number of aryl methyl sites for hydroxylation is 1. The number of allylic oxidation sites excluding steroid dienone is 1. The molecule has 0 amide bonds. The molecule has 2 heterocycles. The van der Waals surface area contributed by atoms with E-state index in [9.17, 15) is 8.42 Å². The van der Waals surface area contributed by atoms with Crippen LogP contribution in [0, 0.1) is 0 Å². The van der Waals surface area contributed by atoms with E-state index in [1.165, 1.54) is 22.5 Å². The van der Waals surface area contributed by atoms with Gasteiger partial charge in [0.1, 0.15) is 4.90 Å². The fourth-order valence-electron chi connectivity index (χ4n) is 3.13. The van der Waals surface area contributed by atoms with Crippen LogP contribution in [0.15, 0.2) is 34.6 Å². The van der Waals surface area contributed by atoms with Crippen LogP contribution in [0.5, 0.6) is 0 Å². The lowest BCUT2D eigenvalue weighted by Crippen LogP contribution is -2.23. The van der Waals surface area contributed by atoms with Gasteiger partial charge >= 0.3 is 0 Å². The summed E-state index contributed by atoms with van der Waals surface area (Å²) >= 11 is 1.53. The Morgan fingerprint density at radius 2 is 2.09 bits per heavy atom. The molecule has 6 heteroatoms. The maximum absolute atomic E-state index is 12.8. The zero-order valence-electron chi connectivity index (χ0n) is 12.6.